The lowest BCUT2D eigenvalue weighted by molar-refractivity contribution is -0.138. The smallest absolute Gasteiger partial charge is 0.389 e. The molecule has 0 unspecified atom stereocenters. The lowest BCUT2D eigenvalue weighted by Crippen LogP contribution is -2.12. The van der Waals surface area contributed by atoms with Crippen LogP contribution >= 0.6 is 12.2 Å². The third-order valence-corrected chi connectivity index (χ3v) is 3.23. The van der Waals surface area contributed by atoms with E-state index >= 15 is 0 Å². The van der Waals surface area contributed by atoms with Crippen molar-refractivity contribution in [1.29, 1.82) is 0 Å². The molecule has 6 heteroatoms. The quantitative estimate of drug-likeness (QED) is 0.826. The van der Waals surface area contributed by atoms with E-state index in [1.54, 1.807) is 30.3 Å². The van der Waals surface area contributed by atoms with Gasteiger partial charge in [-0.3, -0.25) is 0 Å². The van der Waals surface area contributed by atoms with Gasteiger partial charge in [-0.25, -0.2) is 0 Å². The van der Waals surface area contributed by atoms with Crippen LogP contribution in [0.25, 0.3) is 0 Å². The number of thiocarbonyl (C=S) groups is 1. The fourth-order valence-electron chi connectivity index (χ4n) is 1.97. The second-order valence-corrected chi connectivity index (χ2v) is 5.00. The van der Waals surface area contributed by atoms with E-state index in [1.165, 1.54) is 13.0 Å². The maximum atomic E-state index is 12.9. The number of aryl methyl sites for hydroxylation is 1. The first-order valence-corrected chi connectivity index (χ1v) is 6.53. The van der Waals surface area contributed by atoms with E-state index in [1.807, 2.05) is 0 Å². The first-order chi connectivity index (χ1) is 9.79. The van der Waals surface area contributed by atoms with Crippen molar-refractivity contribution in [3.63, 3.8) is 0 Å². The van der Waals surface area contributed by atoms with Crippen LogP contribution in [0, 0.1) is 6.92 Å². The minimum Gasteiger partial charge on any atom is -0.389 e. The van der Waals surface area contributed by atoms with E-state index in [0.29, 0.717) is 16.9 Å². The molecule has 0 bridgehead atoms. The summed E-state index contributed by atoms with van der Waals surface area (Å²) in [6.07, 6.45) is -4.38. The normalized spacial score (nSPS) is 11.2. The summed E-state index contributed by atoms with van der Waals surface area (Å²) in [6.45, 7) is 1.43. The summed E-state index contributed by atoms with van der Waals surface area (Å²) >= 11 is 4.93. The van der Waals surface area contributed by atoms with E-state index in [9.17, 15) is 13.2 Å². The molecular formula is C15H13F3N2S. The Morgan fingerprint density at radius 3 is 2.43 bits per heavy atom. The van der Waals surface area contributed by atoms with Gasteiger partial charge in [-0.2, -0.15) is 13.2 Å². The number of anilines is 2. The molecule has 0 heterocycles. The van der Waals surface area contributed by atoms with Crippen LogP contribution in [0.4, 0.5) is 24.5 Å². The number of nitrogens with two attached hydrogens (primary N) is 1. The summed E-state index contributed by atoms with van der Waals surface area (Å²) < 4.78 is 38.7. The lowest BCUT2D eigenvalue weighted by atomic mass is 10.1. The van der Waals surface area contributed by atoms with E-state index in [-0.39, 0.29) is 10.6 Å². The Bertz CT molecular complexity index is 681. The standard InChI is InChI=1S/C15H13F3N2S/c1-9-6-7-10(8-12(9)15(16,17)18)20-13-5-3-2-4-11(13)14(19)21/h2-8,20H,1H3,(H2,19,21). The van der Waals surface area contributed by atoms with Crippen LogP contribution in [0.2, 0.25) is 0 Å². The Kier molecular flexibility index (Phi) is 4.18. The number of hydrogen-bond acceptors (Lipinski definition) is 2. The Hall–Kier alpha value is -2.08. The summed E-state index contributed by atoms with van der Waals surface area (Å²) in [6, 6.07) is 11.0. The SMILES string of the molecule is Cc1ccc(Nc2ccccc2C(N)=S)cc1C(F)(F)F. The molecule has 0 aliphatic heterocycles. The fourth-order valence-corrected chi connectivity index (χ4v) is 2.15. The zero-order valence-corrected chi connectivity index (χ0v) is 12.0. The molecule has 0 fully saturated rings. The summed E-state index contributed by atoms with van der Waals surface area (Å²) in [5, 5.41) is 2.93. The van der Waals surface area contributed by atoms with Crippen molar-refractivity contribution >= 4 is 28.6 Å². The molecule has 0 aromatic heterocycles. The predicted octanol–water partition coefficient (Wildman–Crippen LogP) is 4.39. The van der Waals surface area contributed by atoms with E-state index in [4.69, 9.17) is 18.0 Å². The molecule has 0 amide bonds. The molecule has 0 saturated heterocycles. The summed E-state index contributed by atoms with van der Waals surface area (Å²) in [5.41, 5.74) is 6.60. The Morgan fingerprint density at radius 2 is 1.81 bits per heavy atom. The summed E-state index contributed by atoms with van der Waals surface area (Å²) in [4.78, 5) is 0.182. The van der Waals surface area contributed by atoms with Crippen molar-refractivity contribution in [1.82, 2.24) is 0 Å². The van der Waals surface area contributed by atoms with Gasteiger partial charge in [-0.1, -0.05) is 30.4 Å². The van der Waals surface area contributed by atoms with Crippen molar-refractivity contribution in [3.05, 3.63) is 59.2 Å². The van der Waals surface area contributed by atoms with E-state index in [0.717, 1.165) is 6.07 Å². The molecule has 0 atom stereocenters. The van der Waals surface area contributed by atoms with Crippen LogP contribution in [0.1, 0.15) is 16.7 Å². The van der Waals surface area contributed by atoms with Gasteiger partial charge in [0.05, 0.1) is 5.56 Å². The monoisotopic (exact) mass is 310 g/mol. The number of benzene rings is 2. The largest absolute Gasteiger partial charge is 0.416 e. The van der Waals surface area contributed by atoms with E-state index in [2.05, 4.69) is 5.32 Å². The summed E-state index contributed by atoms with van der Waals surface area (Å²) in [5.74, 6) is 0. The fraction of sp³-hybridized carbons (Fsp3) is 0.133. The summed E-state index contributed by atoms with van der Waals surface area (Å²) in [7, 11) is 0. The molecule has 21 heavy (non-hydrogen) atoms. The second-order valence-electron chi connectivity index (χ2n) is 4.56. The van der Waals surface area contributed by atoms with Crippen LogP contribution in [0.5, 0.6) is 0 Å². The molecule has 2 aromatic rings. The topological polar surface area (TPSA) is 38.0 Å². The zero-order chi connectivity index (χ0) is 15.6. The number of nitrogens with one attached hydrogen (secondary N) is 1. The maximum absolute atomic E-state index is 12.9. The van der Waals surface area contributed by atoms with Gasteiger partial charge in [0.2, 0.25) is 0 Å². The number of para-hydroxylation sites is 1. The molecule has 2 nitrogen and oxygen atoms in total. The molecule has 2 rings (SSSR count). The van der Waals surface area contributed by atoms with E-state index < -0.39 is 11.7 Å². The molecule has 0 aliphatic carbocycles. The van der Waals surface area contributed by atoms with Crippen molar-refractivity contribution in [3.8, 4) is 0 Å². The molecule has 110 valence electrons. The van der Waals surface area contributed by atoms with Crippen LogP contribution in [-0.2, 0) is 6.18 Å². The highest BCUT2D eigenvalue weighted by molar-refractivity contribution is 7.80. The number of halogens is 3. The van der Waals surface area contributed by atoms with Gasteiger partial charge in [0.1, 0.15) is 4.99 Å². The van der Waals surface area contributed by atoms with Crippen LogP contribution in [0.15, 0.2) is 42.5 Å². The third kappa shape index (κ3) is 3.52. The highest BCUT2D eigenvalue weighted by atomic mass is 32.1. The number of alkyl halides is 3. The maximum Gasteiger partial charge on any atom is 0.416 e. The Labute approximate surface area is 125 Å². The first-order valence-electron chi connectivity index (χ1n) is 6.13. The average Bonchev–Trinajstić information content (AvgIpc) is 2.40. The van der Waals surface area contributed by atoms with Crippen LogP contribution < -0.4 is 11.1 Å². The van der Waals surface area contributed by atoms with Crippen LogP contribution in [0.3, 0.4) is 0 Å². The molecule has 3 N–H and O–H groups in total. The van der Waals surface area contributed by atoms with Crippen LogP contribution in [-0.4, -0.2) is 4.99 Å². The van der Waals surface area contributed by atoms with Crippen molar-refractivity contribution in [2.24, 2.45) is 5.73 Å². The molecule has 0 aliphatic rings. The van der Waals surface area contributed by atoms with Gasteiger partial charge >= 0.3 is 6.18 Å². The number of hydrogen-bond donors (Lipinski definition) is 2. The van der Waals surface area contributed by atoms with Gasteiger partial charge in [0.25, 0.3) is 0 Å². The Balaban J connectivity index is 2.40. The van der Waals surface area contributed by atoms with Gasteiger partial charge in [-0.15, -0.1) is 0 Å². The van der Waals surface area contributed by atoms with Gasteiger partial charge in [-0.05, 0) is 36.8 Å². The zero-order valence-electron chi connectivity index (χ0n) is 11.2. The minimum atomic E-state index is -4.38. The third-order valence-electron chi connectivity index (χ3n) is 3.01. The molecular weight excluding hydrogens is 297 g/mol. The first kappa shape index (κ1) is 15.3. The Morgan fingerprint density at radius 1 is 1.14 bits per heavy atom. The second kappa shape index (κ2) is 5.73. The predicted molar refractivity (Wildman–Crippen MR) is 81.8 cm³/mol. The molecule has 0 radical (unpaired) electrons. The molecule has 2 aromatic carbocycles. The van der Waals surface area contributed by atoms with Gasteiger partial charge in [0, 0.05) is 16.9 Å². The lowest BCUT2D eigenvalue weighted by Gasteiger charge is -2.15. The highest BCUT2D eigenvalue weighted by Gasteiger charge is 2.32. The van der Waals surface area contributed by atoms with Crippen molar-refractivity contribution in [2.45, 2.75) is 13.1 Å². The minimum absolute atomic E-state index is 0.177. The van der Waals surface area contributed by atoms with Gasteiger partial charge in [0.15, 0.2) is 0 Å². The van der Waals surface area contributed by atoms with Gasteiger partial charge < -0.3 is 11.1 Å². The van der Waals surface area contributed by atoms with Crippen molar-refractivity contribution < 1.29 is 13.2 Å². The average molecular weight is 310 g/mol. The van der Waals surface area contributed by atoms with Crippen molar-refractivity contribution in [2.75, 3.05) is 5.32 Å². The molecule has 0 spiro atoms. The highest BCUT2D eigenvalue weighted by Crippen LogP contribution is 2.34. The molecule has 0 saturated carbocycles. The number of rotatable bonds is 3.